The van der Waals surface area contributed by atoms with Crippen molar-refractivity contribution in [1.82, 2.24) is 20.4 Å². The average Bonchev–Trinajstić information content (AvgIpc) is 2.77. The molecule has 1 rings (SSSR count). The largest absolute Gasteiger partial charge is 0.357 e. The molecular formula is C13H24IN5. The summed E-state index contributed by atoms with van der Waals surface area (Å²) in [6.07, 6.45) is 6.72. The lowest BCUT2D eigenvalue weighted by Crippen LogP contribution is -2.37. The summed E-state index contributed by atoms with van der Waals surface area (Å²) in [5, 5.41) is 10.6. The molecule has 1 aromatic heterocycles. The molecular weight excluding hydrogens is 353 g/mol. The molecule has 0 radical (unpaired) electrons. The van der Waals surface area contributed by atoms with E-state index in [-0.39, 0.29) is 24.0 Å². The van der Waals surface area contributed by atoms with Crippen LogP contribution < -0.4 is 10.6 Å². The third-order valence-electron chi connectivity index (χ3n) is 2.34. The third kappa shape index (κ3) is 7.86. The van der Waals surface area contributed by atoms with Crippen LogP contribution in [0.2, 0.25) is 0 Å². The van der Waals surface area contributed by atoms with E-state index in [1.807, 2.05) is 30.1 Å². The zero-order chi connectivity index (χ0) is 13.2. The van der Waals surface area contributed by atoms with Crippen molar-refractivity contribution < 1.29 is 0 Å². The maximum Gasteiger partial charge on any atom is 0.191 e. The highest BCUT2D eigenvalue weighted by molar-refractivity contribution is 14.0. The molecule has 108 valence electrons. The SMILES string of the molecule is C=CCNC(=NCCCn1cc(C)cn1)NCC.I. The second kappa shape index (κ2) is 10.8. The van der Waals surface area contributed by atoms with E-state index in [4.69, 9.17) is 0 Å². The summed E-state index contributed by atoms with van der Waals surface area (Å²) in [5.74, 6) is 0.842. The van der Waals surface area contributed by atoms with E-state index in [1.165, 1.54) is 5.56 Å². The number of guanidine groups is 1. The lowest BCUT2D eigenvalue weighted by Gasteiger charge is -2.09. The Morgan fingerprint density at radius 3 is 2.89 bits per heavy atom. The number of nitrogens with zero attached hydrogens (tertiary/aromatic N) is 3. The van der Waals surface area contributed by atoms with Gasteiger partial charge in [-0.1, -0.05) is 6.08 Å². The molecule has 5 nitrogen and oxygen atoms in total. The van der Waals surface area contributed by atoms with Gasteiger partial charge in [-0.25, -0.2) is 0 Å². The Labute approximate surface area is 132 Å². The molecule has 0 amide bonds. The van der Waals surface area contributed by atoms with Gasteiger partial charge in [0.1, 0.15) is 0 Å². The van der Waals surface area contributed by atoms with Gasteiger partial charge in [-0.05, 0) is 25.8 Å². The summed E-state index contributed by atoms with van der Waals surface area (Å²) in [7, 11) is 0. The molecule has 0 atom stereocenters. The zero-order valence-electron chi connectivity index (χ0n) is 11.7. The molecule has 1 heterocycles. The molecule has 0 spiro atoms. The highest BCUT2D eigenvalue weighted by Gasteiger charge is 1.96. The highest BCUT2D eigenvalue weighted by atomic mass is 127. The van der Waals surface area contributed by atoms with E-state index in [0.717, 1.165) is 38.6 Å². The molecule has 0 bridgehead atoms. The molecule has 0 saturated heterocycles. The molecule has 1 aromatic rings. The Morgan fingerprint density at radius 2 is 2.32 bits per heavy atom. The van der Waals surface area contributed by atoms with E-state index in [2.05, 4.69) is 34.2 Å². The molecule has 0 saturated carbocycles. The first-order valence-corrected chi connectivity index (χ1v) is 6.38. The monoisotopic (exact) mass is 377 g/mol. The van der Waals surface area contributed by atoms with Crippen LogP contribution in [-0.2, 0) is 6.54 Å². The summed E-state index contributed by atoms with van der Waals surface area (Å²) < 4.78 is 1.95. The van der Waals surface area contributed by atoms with E-state index >= 15 is 0 Å². The first-order valence-electron chi connectivity index (χ1n) is 6.38. The lowest BCUT2D eigenvalue weighted by molar-refractivity contribution is 0.584. The second-order valence-corrected chi connectivity index (χ2v) is 4.06. The highest BCUT2D eigenvalue weighted by Crippen LogP contribution is 1.95. The van der Waals surface area contributed by atoms with Gasteiger partial charge in [0.25, 0.3) is 0 Å². The Hall–Kier alpha value is -1.05. The number of hydrogen-bond donors (Lipinski definition) is 2. The standard InChI is InChI=1S/C13H23N5.HI/c1-4-7-15-13(14-5-2)16-8-6-9-18-11-12(3)10-17-18;/h4,10-11H,1,5-9H2,2-3H3,(H2,14,15,16);1H. The van der Waals surface area contributed by atoms with Crippen molar-refractivity contribution in [2.45, 2.75) is 26.8 Å². The molecule has 6 heteroatoms. The summed E-state index contributed by atoms with van der Waals surface area (Å²) in [6, 6.07) is 0. The topological polar surface area (TPSA) is 54.2 Å². The molecule has 0 unspecified atom stereocenters. The van der Waals surface area contributed by atoms with E-state index in [1.54, 1.807) is 0 Å². The van der Waals surface area contributed by atoms with Gasteiger partial charge in [0.05, 0.1) is 6.20 Å². The Kier molecular flexibility index (Phi) is 10.2. The van der Waals surface area contributed by atoms with Crippen LogP contribution in [0.1, 0.15) is 18.9 Å². The second-order valence-electron chi connectivity index (χ2n) is 4.06. The van der Waals surface area contributed by atoms with Crippen LogP contribution in [0.5, 0.6) is 0 Å². The quantitative estimate of drug-likeness (QED) is 0.251. The van der Waals surface area contributed by atoms with E-state index < -0.39 is 0 Å². The maximum atomic E-state index is 4.48. The van der Waals surface area contributed by atoms with Crippen LogP contribution in [-0.4, -0.2) is 35.4 Å². The van der Waals surface area contributed by atoms with Crippen molar-refractivity contribution >= 4 is 29.9 Å². The van der Waals surface area contributed by atoms with Crippen LogP contribution in [0, 0.1) is 6.92 Å². The molecule has 0 aliphatic carbocycles. The first-order chi connectivity index (χ1) is 8.76. The van der Waals surface area contributed by atoms with Crippen molar-refractivity contribution in [3.63, 3.8) is 0 Å². The van der Waals surface area contributed by atoms with Crippen molar-refractivity contribution in [2.24, 2.45) is 4.99 Å². The Balaban J connectivity index is 0.00000324. The molecule has 0 aliphatic heterocycles. The first kappa shape index (κ1) is 17.9. The van der Waals surface area contributed by atoms with E-state index in [0.29, 0.717) is 0 Å². The smallest absolute Gasteiger partial charge is 0.191 e. The average molecular weight is 377 g/mol. The van der Waals surface area contributed by atoms with Gasteiger partial charge in [-0.15, -0.1) is 30.6 Å². The maximum absolute atomic E-state index is 4.48. The number of aromatic nitrogens is 2. The van der Waals surface area contributed by atoms with Crippen molar-refractivity contribution in [3.8, 4) is 0 Å². The van der Waals surface area contributed by atoms with Crippen molar-refractivity contribution in [2.75, 3.05) is 19.6 Å². The number of hydrogen-bond acceptors (Lipinski definition) is 2. The van der Waals surface area contributed by atoms with Crippen LogP contribution in [0.3, 0.4) is 0 Å². The molecule has 19 heavy (non-hydrogen) atoms. The normalized spacial score (nSPS) is 10.7. The summed E-state index contributed by atoms with van der Waals surface area (Å²) in [5.41, 5.74) is 1.19. The number of aliphatic imine (C=N–C) groups is 1. The Morgan fingerprint density at radius 1 is 1.53 bits per heavy atom. The predicted octanol–water partition coefficient (Wildman–Crippen LogP) is 1.94. The van der Waals surface area contributed by atoms with Crippen LogP contribution >= 0.6 is 24.0 Å². The number of rotatable bonds is 7. The lowest BCUT2D eigenvalue weighted by atomic mass is 10.4. The van der Waals surface area contributed by atoms with Crippen LogP contribution in [0.15, 0.2) is 30.0 Å². The summed E-state index contributed by atoms with van der Waals surface area (Å²) >= 11 is 0. The van der Waals surface area contributed by atoms with Gasteiger partial charge < -0.3 is 10.6 Å². The van der Waals surface area contributed by atoms with Gasteiger partial charge in [-0.3, -0.25) is 9.67 Å². The summed E-state index contributed by atoms with van der Waals surface area (Å²) in [4.78, 5) is 4.48. The minimum Gasteiger partial charge on any atom is -0.357 e. The van der Waals surface area contributed by atoms with Gasteiger partial charge >= 0.3 is 0 Å². The Bertz CT molecular complexity index is 386. The van der Waals surface area contributed by atoms with Gasteiger partial charge in [0, 0.05) is 32.4 Å². The minimum atomic E-state index is 0. The van der Waals surface area contributed by atoms with Crippen LogP contribution in [0.4, 0.5) is 0 Å². The molecule has 0 aromatic carbocycles. The predicted molar refractivity (Wildman–Crippen MR) is 91.2 cm³/mol. The minimum absolute atomic E-state index is 0. The number of nitrogens with one attached hydrogen (secondary N) is 2. The molecule has 0 fully saturated rings. The summed E-state index contributed by atoms with van der Waals surface area (Å²) in [6.45, 7) is 11.0. The fourth-order valence-electron chi connectivity index (χ4n) is 1.52. The molecule has 2 N–H and O–H groups in total. The van der Waals surface area contributed by atoms with Gasteiger partial charge in [-0.2, -0.15) is 5.10 Å². The number of aryl methyl sites for hydroxylation is 2. The molecule has 0 aliphatic rings. The third-order valence-corrected chi connectivity index (χ3v) is 2.34. The fourth-order valence-corrected chi connectivity index (χ4v) is 1.52. The van der Waals surface area contributed by atoms with Crippen molar-refractivity contribution in [1.29, 1.82) is 0 Å². The fraction of sp³-hybridized carbons (Fsp3) is 0.538. The zero-order valence-corrected chi connectivity index (χ0v) is 14.1. The van der Waals surface area contributed by atoms with E-state index in [9.17, 15) is 0 Å². The van der Waals surface area contributed by atoms with Crippen molar-refractivity contribution in [3.05, 3.63) is 30.6 Å². The van der Waals surface area contributed by atoms with Crippen LogP contribution in [0.25, 0.3) is 0 Å². The van der Waals surface area contributed by atoms with Gasteiger partial charge in [0.2, 0.25) is 0 Å². The van der Waals surface area contributed by atoms with Gasteiger partial charge in [0.15, 0.2) is 5.96 Å². The number of halogens is 1.